The number of halogens is 2. The summed E-state index contributed by atoms with van der Waals surface area (Å²) in [6, 6.07) is 12.9. The fraction of sp³-hybridized carbons (Fsp3) is 0.280. The van der Waals surface area contributed by atoms with Gasteiger partial charge in [-0.25, -0.2) is 13.8 Å². The molecule has 0 unspecified atom stereocenters. The van der Waals surface area contributed by atoms with Gasteiger partial charge in [0.15, 0.2) is 0 Å². The Bertz CT molecular complexity index is 1140. The smallest absolute Gasteiger partial charge is 0.252 e. The van der Waals surface area contributed by atoms with Crippen molar-refractivity contribution in [1.82, 2.24) is 9.88 Å². The van der Waals surface area contributed by atoms with Gasteiger partial charge in [-0.05, 0) is 42.0 Å². The maximum atomic E-state index is 13.5. The van der Waals surface area contributed by atoms with E-state index >= 15 is 0 Å². The number of carbonyl (C=O) groups is 1. The molecule has 1 saturated heterocycles. The molecule has 2 heterocycles. The summed E-state index contributed by atoms with van der Waals surface area (Å²) in [5, 5.41) is 6.24. The fourth-order valence-electron chi connectivity index (χ4n) is 4.09. The van der Waals surface area contributed by atoms with Gasteiger partial charge in [0.1, 0.15) is 17.5 Å². The Kier molecular flexibility index (Phi) is 7.74. The van der Waals surface area contributed by atoms with Gasteiger partial charge in [-0.2, -0.15) is 0 Å². The summed E-state index contributed by atoms with van der Waals surface area (Å²) >= 11 is 0. The highest BCUT2D eigenvalue weighted by Gasteiger charge is 2.16. The van der Waals surface area contributed by atoms with E-state index in [1.165, 1.54) is 18.3 Å². The number of anilines is 4. The normalized spacial score (nSPS) is 14.1. The van der Waals surface area contributed by atoms with Crippen molar-refractivity contribution in [2.24, 2.45) is 11.5 Å². The van der Waals surface area contributed by atoms with Crippen LogP contribution in [0.4, 0.5) is 31.7 Å². The lowest BCUT2D eigenvalue weighted by Crippen LogP contribution is -2.47. The summed E-state index contributed by atoms with van der Waals surface area (Å²) in [6.45, 7) is 5.59. The van der Waals surface area contributed by atoms with Crippen LogP contribution in [-0.2, 0) is 6.54 Å². The van der Waals surface area contributed by atoms with Gasteiger partial charge in [-0.1, -0.05) is 0 Å². The maximum Gasteiger partial charge on any atom is 0.252 e. The second-order valence-corrected chi connectivity index (χ2v) is 8.40. The Balaban J connectivity index is 1.43. The molecule has 0 radical (unpaired) electrons. The molecule has 1 aliphatic heterocycles. The number of hydrogen-bond acceptors (Lipinski definition) is 7. The summed E-state index contributed by atoms with van der Waals surface area (Å²) in [7, 11) is 0. The SMILES string of the molecule is NCCN1CCN(c2ccc(Nc3cc(NCc4cc(F)cc(F)c4)c(C(N)=O)cn3)cc2)CC1. The van der Waals surface area contributed by atoms with Crippen molar-refractivity contribution in [3.63, 3.8) is 0 Å². The molecule has 1 aliphatic rings. The van der Waals surface area contributed by atoms with Crippen molar-refractivity contribution in [3.05, 3.63) is 77.5 Å². The highest BCUT2D eigenvalue weighted by molar-refractivity contribution is 5.98. The Hall–Kier alpha value is -3.76. The van der Waals surface area contributed by atoms with Gasteiger partial charge in [-0.3, -0.25) is 9.69 Å². The molecule has 8 nitrogen and oxygen atoms in total. The lowest BCUT2D eigenvalue weighted by molar-refractivity contribution is 0.100. The first-order chi connectivity index (χ1) is 16.9. The van der Waals surface area contributed by atoms with Crippen LogP contribution in [0.5, 0.6) is 0 Å². The van der Waals surface area contributed by atoms with Crippen LogP contribution in [0, 0.1) is 11.6 Å². The Morgan fingerprint density at radius 3 is 2.31 bits per heavy atom. The number of nitrogens with two attached hydrogens (primary N) is 2. The minimum absolute atomic E-state index is 0.103. The summed E-state index contributed by atoms with van der Waals surface area (Å²) in [6.07, 6.45) is 1.37. The van der Waals surface area contributed by atoms with Gasteiger partial charge in [0.05, 0.1) is 11.3 Å². The number of carbonyl (C=O) groups excluding carboxylic acids is 1. The molecule has 6 N–H and O–H groups in total. The summed E-state index contributed by atoms with van der Waals surface area (Å²) in [4.78, 5) is 20.8. The minimum Gasteiger partial charge on any atom is -0.380 e. The van der Waals surface area contributed by atoms with Gasteiger partial charge in [0.2, 0.25) is 0 Å². The molecule has 0 atom stereocenters. The highest BCUT2D eigenvalue weighted by Crippen LogP contribution is 2.25. The first-order valence-corrected chi connectivity index (χ1v) is 11.4. The molecule has 0 spiro atoms. The van der Waals surface area contributed by atoms with Crippen molar-refractivity contribution in [1.29, 1.82) is 0 Å². The third-order valence-corrected chi connectivity index (χ3v) is 5.90. The van der Waals surface area contributed by atoms with Crippen LogP contribution in [0.3, 0.4) is 0 Å². The Morgan fingerprint density at radius 1 is 1.00 bits per heavy atom. The zero-order valence-corrected chi connectivity index (χ0v) is 19.3. The van der Waals surface area contributed by atoms with Gasteiger partial charge in [0.25, 0.3) is 5.91 Å². The van der Waals surface area contributed by atoms with E-state index in [1.54, 1.807) is 6.07 Å². The van der Waals surface area contributed by atoms with E-state index in [0.717, 1.165) is 50.2 Å². The average molecular weight is 482 g/mol. The van der Waals surface area contributed by atoms with Crippen LogP contribution in [0.25, 0.3) is 0 Å². The average Bonchev–Trinajstić information content (AvgIpc) is 2.83. The maximum absolute atomic E-state index is 13.5. The van der Waals surface area contributed by atoms with Crippen molar-refractivity contribution < 1.29 is 13.6 Å². The topological polar surface area (TPSA) is 113 Å². The Labute approximate surface area is 202 Å². The number of aromatic nitrogens is 1. The second-order valence-electron chi connectivity index (χ2n) is 8.40. The molecule has 0 bridgehead atoms. The number of pyridine rings is 1. The quantitative estimate of drug-likeness (QED) is 0.372. The third-order valence-electron chi connectivity index (χ3n) is 5.90. The summed E-state index contributed by atoms with van der Waals surface area (Å²) in [5.41, 5.74) is 14.1. The number of rotatable bonds is 9. The minimum atomic E-state index is -0.671. The zero-order valence-electron chi connectivity index (χ0n) is 19.3. The number of piperazine rings is 1. The molecule has 10 heteroatoms. The lowest BCUT2D eigenvalue weighted by atomic mass is 10.1. The van der Waals surface area contributed by atoms with Gasteiger partial charge in [0, 0.05) is 75.5 Å². The molecule has 0 aliphatic carbocycles. The van der Waals surface area contributed by atoms with Crippen LogP contribution in [0.15, 0.2) is 54.7 Å². The molecule has 2 aromatic carbocycles. The van der Waals surface area contributed by atoms with Gasteiger partial charge < -0.3 is 27.0 Å². The van der Waals surface area contributed by atoms with Crippen LogP contribution >= 0.6 is 0 Å². The Morgan fingerprint density at radius 2 is 1.69 bits per heavy atom. The van der Waals surface area contributed by atoms with E-state index in [9.17, 15) is 13.6 Å². The lowest BCUT2D eigenvalue weighted by Gasteiger charge is -2.36. The van der Waals surface area contributed by atoms with Crippen LogP contribution in [0.1, 0.15) is 15.9 Å². The third kappa shape index (κ3) is 6.43. The molecule has 4 rings (SSSR count). The van der Waals surface area contributed by atoms with Crippen LogP contribution in [0.2, 0.25) is 0 Å². The van der Waals surface area contributed by atoms with Crippen molar-refractivity contribution in [2.75, 3.05) is 54.8 Å². The molecular weight excluding hydrogens is 452 g/mol. The van der Waals surface area contributed by atoms with Crippen LogP contribution < -0.4 is 27.0 Å². The van der Waals surface area contributed by atoms with E-state index < -0.39 is 17.5 Å². The first-order valence-electron chi connectivity index (χ1n) is 11.4. The van der Waals surface area contributed by atoms with Crippen molar-refractivity contribution in [3.8, 4) is 0 Å². The number of primary amides is 1. The van der Waals surface area contributed by atoms with E-state index in [2.05, 4.69) is 37.6 Å². The summed E-state index contributed by atoms with van der Waals surface area (Å²) in [5.74, 6) is -1.51. The van der Waals surface area contributed by atoms with E-state index in [1.807, 2.05) is 12.1 Å². The second kappa shape index (κ2) is 11.1. The summed E-state index contributed by atoms with van der Waals surface area (Å²) < 4.78 is 27.0. The molecule has 1 aromatic heterocycles. The predicted molar refractivity (Wildman–Crippen MR) is 134 cm³/mol. The molecular formula is C25H29F2N7O. The number of nitrogens with zero attached hydrogens (tertiary/aromatic N) is 3. The molecule has 35 heavy (non-hydrogen) atoms. The molecule has 1 fully saturated rings. The zero-order chi connectivity index (χ0) is 24.8. The standard InChI is InChI=1S/C25H29F2N7O/c26-18-11-17(12-19(27)13-18)15-30-23-14-24(31-16-22(23)25(29)35)32-20-1-3-21(4-2-20)34-9-7-33(6-5-28)8-10-34/h1-4,11-14,16H,5-10,15,28H2,(H2,29,35)(H2,30,31,32). The van der Waals surface area contributed by atoms with Crippen molar-refractivity contribution >= 4 is 28.8 Å². The van der Waals surface area contributed by atoms with Gasteiger partial charge in [-0.15, -0.1) is 0 Å². The largest absolute Gasteiger partial charge is 0.380 e. The predicted octanol–water partition coefficient (Wildman–Crippen LogP) is 2.90. The fourth-order valence-corrected chi connectivity index (χ4v) is 4.09. The van der Waals surface area contributed by atoms with E-state index in [-0.39, 0.29) is 12.1 Å². The van der Waals surface area contributed by atoms with E-state index in [0.29, 0.717) is 23.6 Å². The van der Waals surface area contributed by atoms with E-state index in [4.69, 9.17) is 11.5 Å². The highest BCUT2D eigenvalue weighted by atomic mass is 19.1. The van der Waals surface area contributed by atoms with Crippen molar-refractivity contribution in [2.45, 2.75) is 6.54 Å². The molecule has 184 valence electrons. The number of amides is 1. The van der Waals surface area contributed by atoms with Gasteiger partial charge >= 0.3 is 0 Å². The first kappa shape index (κ1) is 24.4. The van der Waals surface area contributed by atoms with Crippen LogP contribution in [-0.4, -0.2) is 55.1 Å². The number of hydrogen-bond donors (Lipinski definition) is 4. The number of nitrogens with one attached hydrogen (secondary N) is 2. The monoisotopic (exact) mass is 481 g/mol. The molecule has 0 saturated carbocycles. The molecule has 1 amide bonds. The molecule has 3 aromatic rings. The number of benzene rings is 2.